The van der Waals surface area contributed by atoms with Gasteiger partial charge in [-0.05, 0) is 30.7 Å². The molecule has 0 unspecified atom stereocenters. The minimum Gasteiger partial charge on any atom is -0.497 e. The van der Waals surface area contributed by atoms with Gasteiger partial charge in [0.05, 0.1) is 13.5 Å². The largest absolute Gasteiger partial charge is 0.497 e. The molecule has 0 spiro atoms. The Kier molecular flexibility index (Phi) is 3.18. The van der Waals surface area contributed by atoms with Gasteiger partial charge >= 0.3 is 5.97 Å². The van der Waals surface area contributed by atoms with Crippen LogP contribution in [0.1, 0.15) is 29.0 Å². The van der Waals surface area contributed by atoms with Gasteiger partial charge in [0.1, 0.15) is 11.5 Å². The molecule has 0 saturated carbocycles. The van der Waals surface area contributed by atoms with Crippen molar-refractivity contribution in [2.75, 3.05) is 7.11 Å². The van der Waals surface area contributed by atoms with E-state index >= 15 is 0 Å². The summed E-state index contributed by atoms with van der Waals surface area (Å²) in [7, 11) is 1.64. The minimum atomic E-state index is -0.179. The van der Waals surface area contributed by atoms with Crippen LogP contribution in [0.2, 0.25) is 0 Å². The first-order valence-electron chi connectivity index (χ1n) is 6.62. The van der Waals surface area contributed by atoms with Gasteiger partial charge in [-0.2, -0.15) is 0 Å². The zero-order valence-corrected chi connectivity index (χ0v) is 11.6. The molecule has 0 bridgehead atoms. The lowest BCUT2D eigenvalue weighted by Crippen LogP contribution is -2.21. The summed E-state index contributed by atoms with van der Waals surface area (Å²) in [5.74, 6) is 1.36. The average Bonchev–Trinajstić information content (AvgIpc) is 2.47. The fraction of sp³-hybridized carbons (Fsp3) is 0.235. The molecule has 2 aromatic rings. The Morgan fingerprint density at radius 3 is 2.60 bits per heavy atom. The Labute approximate surface area is 118 Å². The summed E-state index contributed by atoms with van der Waals surface area (Å²) in [6.07, 6.45) is 0.378. The van der Waals surface area contributed by atoms with Crippen LogP contribution in [-0.2, 0) is 4.79 Å². The number of fused-ring (bicyclic) bond motifs is 1. The Morgan fingerprint density at radius 1 is 1.15 bits per heavy atom. The lowest BCUT2D eigenvalue weighted by Gasteiger charge is -2.25. The van der Waals surface area contributed by atoms with Crippen LogP contribution in [0.15, 0.2) is 42.5 Å². The van der Waals surface area contributed by atoms with Crippen molar-refractivity contribution in [2.24, 2.45) is 0 Å². The van der Waals surface area contributed by atoms with Crippen LogP contribution in [0, 0.1) is 6.92 Å². The molecular formula is C17H16O3. The number of ether oxygens (including phenoxy) is 2. The van der Waals surface area contributed by atoms with Gasteiger partial charge in [-0.3, -0.25) is 4.79 Å². The normalized spacial score (nSPS) is 17.3. The molecule has 0 aromatic heterocycles. The quantitative estimate of drug-likeness (QED) is 0.618. The van der Waals surface area contributed by atoms with Crippen molar-refractivity contribution in [3.05, 3.63) is 59.2 Å². The van der Waals surface area contributed by atoms with E-state index in [0.717, 1.165) is 16.9 Å². The predicted molar refractivity (Wildman–Crippen MR) is 76.3 cm³/mol. The molecule has 3 heteroatoms. The third-order valence-electron chi connectivity index (χ3n) is 3.65. The van der Waals surface area contributed by atoms with Crippen LogP contribution in [0.5, 0.6) is 11.5 Å². The maximum absolute atomic E-state index is 11.8. The molecule has 3 rings (SSSR count). The third-order valence-corrected chi connectivity index (χ3v) is 3.65. The number of benzene rings is 2. The molecule has 1 heterocycles. The van der Waals surface area contributed by atoms with Crippen LogP contribution in [0.25, 0.3) is 0 Å². The fourth-order valence-electron chi connectivity index (χ4n) is 2.61. The molecule has 0 radical (unpaired) electrons. The highest BCUT2D eigenvalue weighted by molar-refractivity contribution is 5.77. The molecule has 0 saturated heterocycles. The van der Waals surface area contributed by atoms with E-state index < -0.39 is 0 Å². The molecule has 0 N–H and O–H groups in total. The third kappa shape index (κ3) is 2.27. The molecular weight excluding hydrogens is 252 g/mol. The van der Waals surface area contributed by atoms with Gasteiger partial charge in [-0.1, -0.05) is 29.8 Å². The monoisotopic (exact) mass is 268 g/mol. The minimum absolute atomic E-state index is 0.0528. The number of carbonyl (C=O) groups is 1. The molecule has 102 valence electrons. The van der Waals surface area contributed by atoms with E-state index in [9.17, 15) is 4.79 Å². The molecule has 2 aromatic carbocycles. The van der Waals surface area contributed by atoms with E-state index in [-0.39, 0.29) is 11.9 Å². The van der Waals surface area contributed by atoms with E-state index in [2.05, 4.69) is 6.07 Å². The number of carbonyl (C=O) groups excluding carboxylic acids is 1. The van der Waals surface area contributed by atoms with Gasteiger partial charge in [0, 0.05) is 11.5 Å². The number of hydrogen-bond donors (Lipinski definition) is 0. The molecule has 0 aliphatic carbocycles. The first kappa shape index (κ1) is 12.7. The van der Waals surface area contributed by atoms with Crippen molar-refractivity contribution in [1.82, 2.24) is 0 Å². The zero-order valence-electron chi connectivity index (χ0n) is 11.6. The van der Waals surface area contributed by atoms with Crippen molar-refractivity contribution in [3.8, 4) is 11.5 Å². The highest BCUT2D eigenvalue weighted by Gasteiger charge is 2.28. The van der Waals surface area contributed by atoms with Crippen molar-refractivity contribution >= 4 is 5.97 Å². The molecule has 20 heavy (non-hydrogen) atoms. The van der Waals surface area contributed by atoms with E-state index in [1.807, 2.05) is 43.3 Å². The molecule has 3 nitrogen and oxygen atoms in total. The van der Waals surface area contributed by atoms with E-state index in [1.165, 1.54) is 5.56 Å². The summed E-state index contributed by atoms with van der Waals surface area (Å²) in [5, 5.41) is 0. The van der Waals surface area contributed by atoms with Crippen molar-refractivity contribution < 1.29 is 14.3 Å². The van der Waals surface area contributed by atoms with Crippen LogP contribution in [0.4, 0.5) is 0 Å². The summed E-state index contributed by atoms with van der Waals surface area (Å²) >= 11 is 0. The van der Waals surface area contributed by atoms with Gasteiger partial charge in [-0.15, -0.1) is 0 Å². The molecule has 1 aliphatic heterocycles. The fourth-order valence-corrected chi connectivity index (χ4v) is 2.61. The zero-order chi connectivity index (χ0) is 14.1. The summed E-state index contributed by atoms with van der Waals surface area (Å²) < 4.78 is 10.5. The lowest BCUT2D eigenvalue weighted by atomic mass is 9.86. The van der Waals surface area contributed by atoms with Crippen LogP contribution in [0.3, 0.4) is 0 Å². The Bertz CT molecular complexity index is 644. The maximum Gasteiger partial charge on any atom is 0.312 e. The summed E-state index contributed by atoms with van der Waals surface area (Å²) in [4.78, 5) is 11.8. The van der Waals surface area contributed by atoms with Gasteiger partial charge < -0.3 is 9.47 Å². The van der Waals surface area contributed by atoms with Gasteiger partial charge in [0.15, 0.2) is 0 Å². The number of hydrogen-bond acceptors (Lipinski definition) is 3. The van der Waals surface area contributed by atoms with Crippen LogP contribution in [-0.4, -0.2) is 13.1 Å². The second kappa shape index (κ2) is 5.00. The Hall–Kier alpha value is -2.29. The number of aryl methyl sites for hydroxylation is 1. The highest BCUT2D eigenvalue weighted by Crippen LogP contribution is 2.39. The van der Waals surface area contributed by atoms with E-state index in [0.29, 0.717) is 12.2 Å². The first-order chi connectivity index (χ1) is 9.67. The average molecular weight is 268 g/mol. The van der Waals surface area contributed by atoms with Crippen LogP contribution < -0.4 is 9.47 Å². The number of rotatable bonds is 2. The smallest absolute Gasteiger partial charge is 0.312 e. The lowest BCUT2D eigenvalue weighted by molar-refractivity contribution is -0.135. The second-order valence-electron chi connectivity index (χ2n) is 5.05. The first-order valence-corrected chi connectivity index (χ1v) is 6.62. The molecule has 1 atom stereocenters. The summed E-state index contributed by atoms with van der Waals surface area (Å²) in [5.41, 5.74) is 3.35. The van der Waals surface area contributed by atoms with Crippen molar-refractivity contribution in [1.29, 1.82) is 0 Å². The topological polar surface area (TPSA) is 35.5 Å². The maximum atomic E-state index is 11.8. The highest BCUT2D eigenvalue weighted by atomic mass is 16.5. The van der Waals surface area contributed by atoms with Gasteiger partial charge in [0.2, 0.25) is 0 Å². The second-order valence-corrected chi connectivity index (χ2v) is 5.05. The summed E-state index contributed by atoms with van der Waals surface area (Å²) in [6.45, 7) is 2.04. The van der Waals surface area contributed by atoms with Crippen molar-refractivity contribution in [3.63, 3.8) is 0 Å². The summed E-state index contributed by atoms with van der Waals surface area (Å²) in [6, 6.07) is 13.8. The molecule has 0 amide bonds. The number of methoxy groups -OCH3 is 1. The van der Waals surface area contributed by atoms with E-state index in [1.54, 1.807) is 7.11 Å². The Morgan fingerprint density at radius 2 is 1.90 bits per heavy atom. The van der Waals surface area contributed by atoms with Crippen LogP contribution >= 0.6 is 0 Å². The predicted octanol–water partition coefficient (Wildman–Crippen LogP) is 3.44. The van der Waals surface area contributed by atoms with Gasteiger partial charge in [0.25, 0.3) is 0 Å². The standard InChI is InChI=1S/C17H16O3/c1-11-3-8-16-15(9-11)14(10-17(18)20-16)12-4-6-13(19-2)7-5-12/h3-9,14H,10H2,1-2H3/t14-/m1/s1. The molecule has 0 fully saturated rings. The Balaban J connectivity index is 2.04. The molecule has 1 aliphatic rings. The van der Waals surface area contributed by atoms with E-state index in [4.69, 9.17) is 9.47 Å². The SMILES string of the molecule is COc1ccc([C@H]2CC(=O)Oc3ccc(C)cc32)cc1. The van der Waals surface area contributed by atoms with Crippen molar-refractivity contribution in [2.45, 2.75) is 19.3 Å². The van der Waals surface area contributed by atoms with Gasteiger partial charge in [-0.25, -0.2) is 0 Å². The number of esters is 1.